The van der Waals surface area contributed by atoms with Gasteiger partial charge in [0.1, 0.15) is 6.61 Å². The number of hydrogen-bond donors (Lipinski definition) is 3. The fourth-order valence-electron chi connectivity index (χ4n) is 5.29. The van der Waals surface area contributed by atoms with Crippen molar-refractivity contribution in [1.29, 1.82) is 0 Å². The summed E-state index contributed by atoms with van der Waals surface area (Å²) >= 11 is 0. The number of carbonyl (C=O) groups excluding carboxylic acids is 2. The van der Waals surface area contributed by atoms with Gasteiger partial charge < -0.3 is 24.8 Å². The molecule has 0 aliphatic carbocycles. The van der Waals surface area contributed by atoms with Crippen LogP contribution in [0.1, 0.15) is 156 Å². The Morgan fingerprint density at radius 2 is 1.12 bits per heavy atom. The molecular formula is C44H74O7. The molecule has 7 nitrogen and oxygen atoms in total. The number of carbonyl (C=O) groups is 2. The highest BCUT2D eigenvalue weighted by molar-refractivity contribution is 5.70. The van der Waals surface area contributed by atoms with Crippen LogP contribution < -0.4 is 0 Å². The summed E-state index contributed by atoms with van der Waals surface area (Å²) in [4.78, 5) is 24.2. The Kier molecular flexibility index (Phi) is 35.0. The average molecular weight is 715 g/mol. The monoisotopic (exact) mass is 715 g/mol. The van der Waals surface area contributed by atoms with Crippen LogP contribution in [0.5, 0.6) is 0 Å². The number of esters is 2. The summed E-state index contributed by atoms with van der Waals surface area (Å²) in [6.45, 7) is 6.14. The molecule has 0 spiro atoms. The van der Waals surface area contributed by atoms with Crippen molar-refractivity contribution in [2.24, 2.45) is 5.92 Å². The van der Waals surface area contributed by atoms with Crippen LogP contribution in [0, 0.1) is 5.92 Å². The van der Waals surface area contributed by atoms with Crippen molar-refractivity contribution < 1.29 is 34.4 Å². The highest BCUT2D eigenvalue weighted by Crippen LogP contribution is 2.15. The molecule has 3 N–H and O–H groups in total. The molecule has 0 saturated heterocycles. The molecule has 0 saturated carbocycles. The number of rotatable bonds is 34. The summed E-state index contributed by atoms with van der Waals surface area (Å²) in [6, 6.07) is 0. The summed E-state index contributed by atoms with van der Waals surface area (Å²) < 4.78 is 10.5. The maximum atomic E-state index is 12.1. The van der Waals surface area contributed by atoms with E-state index >= 15 is 0 Å². The highest BCUT2D eigenvalue weighted by Gasteiger charge is 2.15. The van der Waals surface area contributed by atoms with Crippen LogP contribution in [0.15, 0.2) is 72.9 Å². The fraction of sp³-hybridized carbons (Fsp3) is 0.682. The van der Waals surface area contributed by atoms with E-state index in [0.717, 1.165) is 31.6 Å². The fourth-order valence-corrected chi connectivity index (χ4v) is 5.29. The highest BCUT2D eigenvalue weighted by atomic mass is 16.6. The Bertz CT molecular complexity index is 991. The van der Waals surface area contributed by atoms with Gasteiger partial charge in [0.05, 0.1) is 18.8 Å². The van der Waals surface area contributed by atoms with Crippen LogP contribution in [0.3, 0.4) is 0 Å². The lowest BCUT2D eigenvalue weighted by molar-refractivity contribution is -0.161. The lowest BCUT2D eigenvalue weighted by Crippen LogP contribution is -2.28. The van der Waals surface area contributed by atoms with Gasteiger partial charge in [-0.05, 0) is 44.4 Å². The van der Waals surface area contributed by atoms with Crippen molar-refractivity contribution in [2.75, 3.05) is 13.2 Å². The Morgan fingerprint density at radius 1 is 0.608 bits per heavy atom. The van der Waals surface area contributed by atoms with Gasteiger partial charge in [0.15, 0.2) is 6.10 Å². The molecule has 0 amide bonds. The SMILES string of the molecule is CC/C=C\C[C@H](O)/C=C/C=C\C=C\[C@H](O)C/C=C\C/C=C\CCC(=O)O[C@@H](CO)COC(=O)CCCCCCCCCCCCCCCC(C)C. The molecule has 0 aromatic rings. The molecule has 292 valence electrons. The second-order valence-electron chi connectivity index (χ2n) is 13.9. The first kappa shape index (κ1) is 48.3. The molecule has 0 rings (SSSR count). The van der Waals surface area contributed by atoms with Crippen molar-refractivity contribution in [3.63, 3.8) is 0 Å². The van der Waals surface area contributed by atoms with Gasteiger partial charge in [-0.2, -0.15) is 0 Å². The summed E-state index contributed by atoms with van der Waals surface area (Å²) in [6.07, 6.45) is 41.8. The van der Waals surface area contributed by atoms with Crippen molar-refractivity contribution >= 4 is 11.9 Å². The van der Waals surface area contributed by atoms with Crippen LogP contribution in [-0.4, -0.2) is 58.8 Å². The second kappa shape index (κ2) is 37.0. The van der Waals surface area contributed by atoms with E-state index in [1.807, 2.05) is 48.6 Å². The van der Waals surface area contributed by atoms with Gasteiger partial charge in [-0.25, -0.2) is 0 Å². The molecule has 0 unspecified atom stereocenters. The minimum atomic E-state index is -0.850. The summed E-state index contributed by atoms with van der Waals surface area (Å²) in [5.41, 5.74) is 0. The van der Waals surface area contributed by atoms with Crippen molar-refractivity contribution in [1.82, 2.24) is 0 Å². The molecule has 51 heavy (non-hydrogen) atoms. The largest absolute Gasteiger partial charge is 0.462 e. The van der Waals surface area contributed by atoms with Crippen molar-refractivity contribution in [2.45, 2.75) is 174 Å². The molecule has 0 aliphatic heterocycles. The first-order chi connectivity index (χ1) is 24.8. The van der Waals surface area contributed by atoms with Gasteiger partial charge >= 0.3 is 11.9 Å². The first-order valence-corrected chi connectivity index (χ1v) is 20.1. The van der Waals surface area contributed by atoms with Crippen LogP contribution >= 0.6 is 0 Å². The number of allylic oxidation sites excluding steroid dienone is 8. The van der Waals surface area contributed by atoms with Gasteiger partial charge in [-0.1, -0.05) is 177 Å². The minimum absolute atomic E-state index is 0.130. The predicted octanol–water partition coefficient (Wildman–Crippen LogP) is 10.4. The number of aliphatic hydroxyl groups is 3. The Hall–Kier alpha value is -2.74. The molecule has 0 aromatic carbocycles. The Balaban J connectivity index is 3.82. The number of hydrogen-bond acceptors (Lipinski definition) is 7. The lowest BCUT2D eigenvalue weighted by atomic mass is 10.0. The zero-order valence-electron chi connectivity index (χ0n) is 32.5. The third kappa shape index (κ3) is 36.8. The van der Waals surface area contributed by atoms with Gasteiger partial charge in [0.25, 0.3) is 0 Å². The molecule has 0 aliphatic rings. The van der Waals surface area contributed by atoms with E-state index in [-0.39, 0.29) is 19.0 Å². The van der Waals surface area contributed by atoms with Crippen LogP contribution in [0.25, 0.3) is 0 Å². The minimum Gasteiger partial charge on any atom is -0.462 e. The van der Waals surface area contributed by atoms with E-state index in [2.05, 4.69) is 20.8 Å². The summed E-state index contributed by atoms with van der Waals surface area (Å²) in [7, 11) is 0. The molecular weight excluding hydrogens is 640 g/mol. The van der Waals surface area contributed by atoms with E-state index in [1.54, 1.807) is 24.3 Å². The quantitative estimate of drug-likeness (QED) is 0.0263. The summed E-state index contributed by atoms with van der Waals surface area (Å²) in [5, 5.41) is 29.4. The smallest absolute Gasteiger partial charge is 0.306 e. The van der Waals surface area contributed by atoms with Crippen molar-refractivity contribution in [3.8, 4) is 0 Å². The molecule has 3 atom stereocenters. The molecule has 0 heterocycles. The van der Waals surface area contributed by atoms with E-state index in [0.29, 0.717) is 32.1 Å². The summed E-state index contributed by atoms with van der Waals surface area (Å²) in [5.74, 6) is 0.0724. The standard InChI is InChI=1S/C44H74O7/c1-4-5-23-31-40(46)33-26-21-22-27-34-41(47)32-25-18-15-16-20-29-36-44(49)51-42(37-45)38-50-43(48)35-28-19-14-12-10-8-6-7-9-11-13-17-24-30-39(2)3/h5,16,18,20-23,25-27,33-34,39-42,45-47H,4,6-15,17,19,24,28-32,35-38H2,1-3H3/b20-16-,22-21-,23-5-,25-18-,33-26+,34-27+/t40-,41+,42-/m0/s1. The van der Waals surface area contributed by atoms with Gasteiger partial charge in [0, 0.05) is 12.8 Å². The van der Waals surface area contributed by atoms with Gasteiger partial charge in [0.2, 0.25) is 0 Å². The third-order valence-electron chi connectivity index (χ3n) is 8.37. The lowest BCUT2D eigenvalue weighted by Gasteiger charge is -2.15. The Morgan fingerprint density at radius 3 is 1.65 bits per heavy atom. The molecule has 0 radical (unpaired) electrons. The maximum absolute atomic E-state index is 12.1. The molecule has 7 heteroatoms. The van der Waals surface area contributed by atoms with E-state index in [1.165, 1.54) is 70.6 Å². The molecule has 0 aromatic heterocycles. The van der Waals surface area contributed by atoms with E-state index in [4.69, 9.17) is 9.47 Å². The van der Waals surface area contributed by atoms with Gasteiger partial charge in [-0.3, -0.25) is 9.59 Å². The number of ether oxygens (including phenoxy) is 2. The third-order valence-corrected chi connectivity index (χ3v) is 8.37. The molecule has 0 fully saturated rings. The van der Waals surface area contributed by atoms with Crippen molar-refractivity contribution in [3.05, 3.63) is 72.9 Å². The normalized spacial score (nSPS) is 14.3. The van der Waals surface area contributed by atoms with E-state index < -0.39 is 30.9 Å². The van der Waals surface area contributed by atoms with Crippen LogP contribution in [0.2, 0.25) is 0 Å². The zero-order chi connectivity index (χ0) is 37.6. The van der Waals surface area contributed by atoms with Gasteiger partial charge in [-0.15, -0.1) is 0 Å². The Labute approximate surface area is 311 Å². The van der Waals surface area contributed by atoms with E-state index in [9.17, 15) is 24.9 Å². The van der Waals surface area contributed by atoms with Crippen LogP contribution in [0.4, 0.5) is 0 Å². The first-order valence-electron chi connectivity index (χ1n) is 20.1. The molecule has 0 bridgehead atoms. The number of aliphatic hydroxyl groups excluding tert-OH is 3. The number of unbranched alkanes of at least 4 members (excludes halogenated alkanes) is 12. The second-order valence-corrected chi connectivity index (χ2v) is 13.9. The average Bonchev–Trinajstić information content (AvgIpc) is 3.10. The maximum Gasteiger partial charge on any atom is 0.306 e. The topological polar surface area (TPSA) is 113 Å². The zero-order valence-corrected chi connectivity index (χ0v) is 32.5. The predicted molar refractivity (Wildman–Crippen MR) is 212 cm³/mol. The van der Waals surface area contributed by atoms with Crippen LogP contribution in [-0.2, 0) is 19.1 Å².